The normalized spacial score (nSPS) is 19.6. The van der Waals surface area contributed by atoms with Gasteiger partial charge < -0.3 is 9.84 Å². The fraction of sp³-hybridized carbons (Fsp3) is 0.400. The van der Waals surface area contributed by atoms with E-state index in [0.29, 0.717) is 13.0 Å². The van der Waals surface area contributed by atoms with Crippen molar-refractivity contribution in [3.05, 3.63) is 47.8 Å². The quantitative estimate of drug-likeness (QED) is 0.909. The number of aryl methyl sites for hydroxylation is 1. The van der Waals surface area contributed by atoms with Gasteiger partial charge in [-0.3, -0.25) is 4.68 Å². The summed E-state index contributed by atoms with van der Waals surface area (Å²) < 4.78 is 7.48. The molecule has 1 aromatic heterocycles. The number of aliphatic hydroxyl groups excluding tert-OH is 1. The monoisotopic (exact) mass is 258 g/mol. The fourth-order valence-corrected chi connectivity index (χ4v) is 2.58. The van der Waals surface area contributed by atoms with E-state index in [1.54, 1.807) is 10.9 Å². The molecule has 2 aromatic rings. The second-order valence-corrected chi connectivity index (χ2v) is 5.18. The van der Waals surface area contributed by atoms with Crippen molar-refractivity contribution in [2.24, 2.45) is 13.0 Å². The van der Waals surface area contributed by atoms with Gasteiger partial charge in [0.1, 0.15) is 5.75 Å². The van der Waals surface area contributed by atoms with E-state index in [1.807, 2.05) is 31.4 Å². The van der Waals surface area contributed by atoms with E-state index in [9.17, 15) is 5.11 Å². The van der Waals surface area contributed by atoms with Crippen LogP contribution >= 0.6 is 0 Å². The van der Waals surface area contributed by atoms with Crippen molar-refractivity contribution >= 4 is 0 Å². The third kappa shape index (κ3) is 2.63. The zero-order valence-electron chi connectivity index (χ0n) is 11.0. The Morgan fingerprint density at radius 1 is 1.47 bits per heavy atom. The lowest BCUT2D eigenvalue weighted by Gasteiger charge is -2.28. The average Bonchev–Trinajstić information content (AvgIpc) is 2.83. The van der Waals surface area contributed by atoms with Crippen LogP contribution in [0.5, 0.6) is 5.75 Å². The van der Waals surface area contributed by atoms with E-state index in [1.165, 1.54) is 5.56 Å². The summed E-state index contributed by atoms with van der Waals surface area (Å²) >= 11 is 0. The van der Waals surface area contributed by atoms with E-state index in [2.05, 4.69) is 11.2 Å². The number of nitrogens with zero attached hydrogens (tertiary/aromatic N) is 2. The highest BCUT2D eigenvalue weighted by Gasteiger charge is 2.26. The van der Waals surface area contributed by atoms with E-state index < -0.39 is 6.10 Å². The van der Waals surface area contributed by atoms with E-state index in [4.69, 9.17) is 4.74 Å². The average molecular weight is 258 g/mol. The first kappa shape index (κ1) is 12.2. The molecule has 4 heteroatoms. The summed E-state index contributed by atoms with van der Waals surface area (Å²) in [7, 11) is 1.88. The van der Waals surface area contributed by atoms with Crippen molar-refractivity contribution in [1.29, 1.82) is 0 Å². The van der Waals surface area contributed by atoms with Gasteiger partial charge in [-0.2, -0.15) is 5.10 Å². The molecule has 0 saturated carbocycles. The van der Waals surface area contributed by atoms with E-state index >= 15 is 0 Å². The molecule has 19 heavy (non-hydrogen) atoms. The minimum Gasteiger partial charge on any atom is -0.493 e. The van der Waals surface area contributed by atoms with Crippen molar-refractivity contribution in [1.82, 2.24) is 9.78 Å². The molecular formula is C15H18N2O2. The summed E-state index contributed by atoms with van der Waals surface area (Å²) in [5, 5.41) is 14.5. The molecule has 1 aromatic carbocycles. The Kier molecular flexibility index (Phi) is 3.25. The molecule has 1 N–H and O–H groups in total. The molecule has 1 aliphatic rings. The minimum absolute atomic E-state index is 0.148. The van der Waals surface area contributed by atoms with Gasteiger partial charge >= 0.3 is 0 Å². The molecule has 2 unspecified atom stereocenters. The maximum Gasteiger partial charge on any atom is 0.122 e. The zero-order chi connectivity index (χ0) is 13.2. The van der Waals surface area contributed by atoms with Gasteiger partial charge in [0.05, 0.1) is 18.9 Å². The lowest BCUT2D eigenvalue weighted by atomic mass is 9.89. The first-order valence-electron chi connectivity index (χ1n) is 6.58. The molecule has 4 nitrogen and oxygen atoms in total. The summed E-state index contributed by atoms with van der Waals surface area (Å²) in [6, 6.07) is 8.04. The molecular weight excluding hydrogens is 240 g/mol. The maximum absolute atomic E-state index is 10.3. The maximum atomic E-state index is 10.3. The Bertz CT molecular complexity index is 565. The lowest BCUT2D eigenvalue weighted by Crippen LogP contribution is -2.32. The lowest BCUT2D eigenvalue weighted by molar-refractivity contribution is 0.0652. The molecule has 0 aliphatic carbocycles. The number of hydrogen-bond donors (Lipinski definition) is 1. The Morgan fingerprint density at radius 3 is 3.11 bits per heavy atom. The predicted octanol–water partition coefficient (Wildman–Crippen LogP) is 1.57. The number of aliphatic hydroxyl groups is 1. The molecule has 2 atom stereocenters. The van der Waals surface area contributed by atoms with Gasteiger partial charge in [0.15, 0.2) is 0 Å². The Labute approximate surface area is 112 Å². The number of para-hydroxylation sites is 1. The van der Waals surface area contributed by atoms with Gasteiger partial charge in [-0.15, -0.1) is 0 Å². The Balaban J connectivity index is 1.67. The smallest absolute Gasteiger partial charge is 0.122 e. The third-order valence-corrected chi connectivity index (χ3v) is 3.65. The van der Waals surface area contributed by atoms with Gasteiger partial charge in [0, 0.05) is 25.6 Å². The number of fused-ring (bicyclic) bond motifs is 1. The van der Waals surface area contributed by atoms with Crippen LogP contribution in [-0.2, 0) is 19.9 Å². The highest BCUT2D eigenvalue weighted by Crippen LogP contribution is 2.29. The fourth-order valence-electron chi connectivity index (χ4n) is 2.58. The molecule has 3 rings (SSSR count). The second kappa shape index (κ2) is 5.05. The summed E-state index contributed by atoms with van der Waals surface area (Å²) in [4.78, 5) is 0. The summed E-state index contributed by atoms with van der Waals surface area (Å²) in [5.41, 5.74) is 2.25. The van der Waals surface area contributed by atoms with Gasteiger partial charge in [0.25, 0.3) is 0 Å². The standard InChI is InChI=1S/C15H18N2O2/c1-17-9-11(8-16-17)6-14(18)13-7-12-4-2-3-5-15(12)19-10-13/h2-5,8-9,13-14,18H,6-7,10H2,1H3. The Hall–Kier alpha value is -1.81. The largest absolute Gasteiger partial charge is 0.493 e. The summed E-state index contributed by atoms with van der Waals surface area (Å²) in [6.45, 7) is 0.582. The van der Waals surface area contributed by atoms with Gasteiger partial charge in [-0.1, -0.05) is 18.2 Å². The molecule has 0 bridgehead atoms. The van der Waals surface area contributed by atoms with Crippen LogP contribution in [0.3, 0.4) is 0 Å². The number of hydrogen-bond acceptors (Lipinski definition) is 3. The van der Waals surface area contributed by atoms with Crippen molar-refractivity contribution in [2.75, 3.05) is 6.61 Å². The minimum atomic E-state index is -0.391. The number of aromatic nitrogens is 2. The molecule has 1 aliphatic heterocycles. The van der Waals surface area contributed by atoms with Crippen molar-refractivity contribution in [3.63, 3.8) is 0 Å². The summed E-state index contributed by atoms with van der Waals surface area (Å²) in [5.74, 6) is 1.10. The van der Waals surface area contributed by atoms with Crippen LogP contribution in [0.1, 0.15) is 11.1 Å². The van der Waals surface area contributed by atoms with Crippen molar-refractivity contribution in [3.8, 4) is 5.75 Å². The second-order valence-electron chi connectivity index (χ2n) is 5.18. The van der Waals surface area contributed by atoms with Crippen LogP contribution in [0.2, 0.25) is 0 Å². The number of rotatable bonds is 3. The zero-order valence-corrected chi connectivity index (χ0v) is 11.0. The molecule has 0 saturated heterocycles. The van der Waals surface area contributed by atoms with Crippen LogP contribution in [0.4, 0.5) is 0 Å². The van der Waals surface area contributed by atoms with Crippen LogP contribution < -0.4 is 4.74 Å². The third-order valence-electron chi connectivity index (χ3n) is 3.65. The topological polar surface area (TPSA) is 47.3 Å². The van der Waals surface area contributed by atoms with Crippen molar-refractivity contribution < 1.29 is 9.84 Å². The Morgan fingerprint density at radius 2 is 2.32 bits per heavy atom. The highest BCUT2D eigenvalue weighted by atomic mass is 16.5. The van der Waals surface area contributed by atoms with E-state index in [-0.39, 0.29) is 5.92 Å². The molecule has 0 radical (unpaired) electrons. The first-order valence-corrected chi connectivity index (χ1v) is 6.58. The highest BCUT2D eigenvalue weighted by molar-refractivity contribution is 5.35. The first-order chi connectivity index (χ1) is 9.22. The van der Waals surface area contributed by atoms with Crippen LogP contribution in [0.15, 0.2) is 36.7 Å². The van der Waals surface area contributed by atoms with Gasteiger partial charge in [-0.05, 0) is 23.6 Å². The van der Waals surface area contributed by atoms with Crippen molar-refractivity contribution in [2.45, 2.75) is 18.9 Å². The van der Waals surface area contributed by atoms with Crippen LogP contribution in [0.25, 0.3) is 0 Å². The van der Waals surface area contributed by atoms with Gasteiger partial charge in [0.2, 0.25) is 0 Å². The molecule has 2 heterocycles. The summed E-state index contributed by atoms with van der Waals surface area (Å²) in [6.07, 6.45) is 4.86. The van der Waals surface area contributed by atoms with Crippen LogP contribution in [0, 0.1) is 5.92 Å². The SMILES string of the molecule is Cn1cc(CC(O)C2COc3ccccc3C2)cn1. The number of ether oxygens (including phenoxy) is 1. The molecule has 0 spiro atoms. The van der Waals surface area contributed by atoms with Gasteiger partial charge in [-0.25, -0.2) is 0 Å². The molecule has 100 valence electrons. The molecule has 0 fully saturated rings. The van der Waals surface area contributed by atoms with E-state index in [0.717, 1.165) is 17.7 Å². The molecule has 0 amide bonds. The van der Waals surface area contributed by atoms with Crippen LogP contribution in [-0.4, -0.2) is 27.6 Å². The predicted molar refractivity (Wildman–Crippen MR) is 72.0 cm³/mol. The number of benzene rings is 1.